The van der Waals surface area contributed by atoms with Crippen molar-refractivity contribution in [2.75, 3.05) is 11.9 Å². The molecule has 0 atom stereocenters. The van der Waals surface area contributed by atoms with E-state index in [0.717, 1.165) is 0 Å². The first-order valence-electron chi connectivity index (χ1n) is 6.32. The summed E-state index contributed by atoms with van der Waals surface area (Å²) in [6.07, 6.45) is 0. The van der Waals surface area contributed by atoms with Crippen LogP contribution in [-0.2, 0) is 9.59 Å². The molecular weight excluding hydrogens is 254 g/mol. The van der Waals surface area contributed by atoms with Crippen LogP contribution in [0.4, 0.5) is 5.69 Å². The average molecular weight is 273 g/mol. The number of rotatable bonds is 3. The zero-order valence-electron chi connectivity index (χ0n) is 12.2. The van der Waals surface area contributed by atoms with E-state index < -0.39 is 5.54 Å². The van der Waals surface area contributed by atoms with Gasteiger partial charge in [0.2, 0.25) is 11.8 Å². The fourth-order valence-corrected chi connectivity index (χ4v) is 1.79. The van der Waals surface area contributed by atoms with Gasteiger partial charge >= 0.3 is 0 Å². The first kappa shape index (κ1) is 15.7. The van der Waals surface area contributed by atoms with Gasteiger partial charge in [0.15, 0.2) is 0 Å². The van der Waals surface area contributed by atoms with Crippen LogP contribution in [0.5, 0.6) is 0 Å². The zero-order chi connectivity index (χ0) is 15.3. The summed E-state index contributed by atoms with van der Waals surface area (Å²) in [5.74, 6) is -0.410. The largest absolute Gasteiger partial charge is 0.329 e. The van der Waals surface area contributed by atoms with Crippen molar-refractivity contribution in [3.8, 4) is 6.07 Å². The fourth-order valence-electron chi connectivity index (χ4n) is 1.79. The molecule has 1 rings (SSSR count). The van der Waals surface area contributed by atoms with Crippen molar-refractivity contribution in [3.63, 3.8) is 0 Å². The lowest BCUT2D eigenvalue weighted by molar-refractivity contribution is -0.137. The van der Waals surface area contributed by atoms with Crippen molar-refractivity contribution < 1.29 is 9.59 Å². The summed E-state index contributed by atoms with van der Waals surface area (Å²) in [5, 5.41) is 11.4. The van der Waals surface area contributed by atoms with Gasteiger partial charge in [-0.15, -0.1) is 0 Å². The molecule has 0 aromatic heterocycles. The Labute approximate surface area is 119 Å². The van der Waals surface area contributed by atoms with Gasteiger partial charge in [0.05, 0.1) is 11.6 Å². The van der Waals surface area contributed by atoms with Gasteiger partial charge in [-0.05, 0) is 45.0 Å². The molecule has 5 heteroatoms. The molecule has 20 heavy (non-hydrogen) atoms. The van der Waals surface area contributed by atoms with Gasteiger partial charge in [0, 0.05) is 18.2 Å². The zero-order valence-corrected chi connectivity index (χ0v) is 12.2. The number of benzene rings is 1. The predicted octanol–water partition coefficient (Wildman–Crippen LogP) is 2.14. The van der Waals surface area contributed by atoms with E-state index in [9.17, 15) is 9.59 Å². The first-order chi connectivity index (χ1) is 9.24. The standard InChI is InChI=1S/C15H19N3O2/c1-11(19)18(15(2,3)4)10-14(20)17-13-7-5-12(9-16)6-8-13/h5-8H,10H2,1-4H3,(H,17,20). The second-order valence-electron chi connectivity index (χ2n) is 5.51. The summed E-state index contributed by atoms with van der Waals surface area (Å²) in [4.78, 5) is 25.0. The van der Waals surface area contributed by atoms with Gasteiger partial charge in [0.25, 0.3) is 0 Å². The number of nitrogens with zero attached hydrogens (tertiary/aromatic N) is 2. The maximum absolute atomic E-state index is 12.0. The molecule has 0 saturated heterocycles. The van der Waals surface area contributed by atoms with E-state index in [1.165, 1.54) is 11.8 Å². The molecule has 1 N–H and O–H groups in total. The van der Waals surface area contributed by atoms with Gasteiger partial charge in [0.1, 0.15) is 6.54 Å². The Bertz CT molecular complexity index is 536. The first-order valence-corrected chi connectivity index (χ1v) is 6.32. The van der Waals surface area contributed by atoms with Gasteiger partial charge < -0.3 is 10.2 Å². The van der Waals surface area contributed by atoms with Crippen molar-refractivity contribution in [2.45, 2.75) is 33.2 Å². The summed E-state index contributed by atoms with van der Waals surface area (Å²) >= 11 is 0. The van der Waals surface area contributed by atoms with Crippen molar-refractivity contribution >= 4 is 17.5 Å². The predicted molar refractivity (Wildman–Crippen MR) is 76.9 cm³/mol. The van der Waals surface area contributed by atoms with Crippen molar-refractivity contribution in [1.82, 2.24) is 4.90 Å². The number of nitriles is 1. The highest BCUT2D eigenvalue weighted by Gasteiger charge is 2.25. The Morgan fingerprint density at radius 3 is 2.20 bits per heavy atom. The smallest absolute Gasteiger partial charge is 0.244 e. The summed E-state index contributed by atoms with van der Waals surface area (Å²) < 4.78 is 0. The number of hydrogen-bond acceptors (Lipinski definition) is 3. The number of hydrogen-bond donors (Lipinski definition) is 1. The highest BCUT2D eigenvalue weighted by molar-refractivity contribution is 5.94. The van der Waals surface area contributed by atoms with E-state index in [0.29, 0.717) is 11.3 Å². The maximum Gasteiger partial charge on any atom is 0.244 e. The third kappa shape index (κ3) is 4.39. The topological polar surface area (TPSA) is 73.2 Å². The Morgan fingerprint density at radius 2 is 1.80 bits per heavy atom. The summed E-state index contributed by atoms with van der Waals surface area (Å²) in [6, 6.07) is 8.58. The van der Waals surface area contributed by atoms with Crippen LogP contribution in [0.25, 0.3) is 0 Å². The Hall–Kier alpha value is -2.35. The minimum absolute atomic E-state index is 0.00116. The van der Waals surface area contributed by atoms with Gasteiger partial charge in [-0.2, -0.15) is 5.26 Å². The molecule has 5 nitrogen and oxygen atoms in total. The molecule has 1 aromatic rings. The molecule has 0 radical (unpaired) electrons. The molecule has 1 aromatic carbocycles. The number of nitrogens with one attached hydrogen (secondary N) is 1. The minimum atomic E-state index is -0.409. The normalized spacial score (nSPS) is 10.6. The molecule has 0 bridgehead atoms. The van der Waals surface area contributed by atoms with E-state index in [1.54, 1.807) is 24.3 Å². The molecule has 0 heterocycles. The van der Waals surface area contributed by atoms with Crippen LogP contribution in [0.1, 0.15) is 33.3 Å². The van der Waals surface area contributed by atoms with E-state index in [2.05, 4.69) is 5.32 Å². The number of amides is 2. The van der Waals surface area contributed by atoms with E-state index >= 15 is 0 Å². The molecule has 0 spiro atoms. The average Bonchev–Trinajstić information content (AvgIpc) is 2.35. The van der Waals surface area contributed by atoms with Gasteiger partial charge in [-0.1, -0.05) is 0 Å². The summed E-state index contributed by atoms with van der Waals surface area (Å²) in [6.45, 7) is 7.08. The van der Waals surface area contributed by atoms with Gasteiger partial charge in [-0.25, -0.2) is 0 Å². The van der Waals surface area contributed by atoms with Crippen molar-refractivity contribution in [3.05, 3.63) is 29.8 Å². The maximum atomic E-state index is 12.0. The molecule has 106 valence electrons. The fraction of sp³-hybridized carbons (Fsp3) is 0.400. The molecule has 0 aliphatic heterocycles. The molecular formula is C15H19N3O2. The SMILES string of the molecule is CC(=O)N(CC(=O)Nc1ccc(C#N)cc1)C(C)(C)C. The Balaban J connectivity index is 2.71. The summed E-state index contributed by atoms with van der Waals surface area (Å²) in [7, 11) is 0. The minimum Gasteiger partial charge on any atom is -0.329 e. The second-order valence-corrected chi connectivity index (χ2v) is 5.51. The van der Waals surface area contributed by atoms with Crippen LogP contribution in [0.2, 0.25) is 0 Å². The Morgan fingerprint density at radius 1 is 1.25 bits per heavy atom. The number of anilines is 1. The van der Waals surface area contributed by atoms with Crippen LogP contribution in [0.3, 0.4) is 0 Å². The highest BCUT2D eigenvalue weighted by atomic mass is 16.2. The Kier molecular flexibility index (Phi) is 4.87. The lowest BCUT2D eigenvalue weighted by Gasteiger charge is -2.34. The molecule has 0 aliphatic rings. The lowest BCUT2D eigenvalue weighted by Crippen LogP contribution is -2.48. The lowest BCUT2D eigenvalue weighted by atomic mass is 10.1. The van der Waals surface area contributed by atoms with Crippen LogP contribution >= 0.6 is 0 Å². The monoisotopic (exact) mass is 273 g/mol. The molecule has 0 aliphatic carbocycles. The van der Waals surface area contributed by atoms with Crippen molar-refractivity contribution in [1.29, 1.82) is 5.26 Å². The van der Waals surface area contributed by atoms with Crippen LogP contribution in [-0.4, -0.2) is 28.8 Å². The van der Waals surface area contributed by atoms with Crippen LogP contribution in [0, 0.1) is 11.3 Å². The van der Waals surface area contributed by atoms with Crippen molar-refractivity contribution in [2.24, 2.45) is 0 Å². The molecule has 0 fully saturated rings. The van der Waals surface area contributed by atoms with Crippen LogP contribution in [0.15, 0.2) is 24.3 Å². The third-order valence-corrected chi connectivity index (χ3v) is 2.79. The second kappa shape index (κ2) is 6.20. The van der Waals surface area contributed by atoms with Crippen LogP contribution < -0.4 is 5.32 Å². The van der Waals surface area contributed by atoms with E-state index in [4.69, 9.17) is 5.26 Å². The van der Waals surface area contributed by atoms with Gasteiger partial charge in [-0.3, -0.25) is 9.59 Å². The quantitative estimate of drug-likeness (QED) is 0.917. The molecule has 0 saturated carbocycles. The summed E-state index contributed by atoms with van der Waals surface area (Å²) in [5.41, 5.74) is 0.725. The van der Waals surface area contributed by atoms with E-state index in [1.807, 2.05) is 26.8 Å². The highest BCUT2D eigenvalue weighted by Crippen LogP contribution is 2.14. The van der Waals surface area contributed by atoms with E-state index in [-0.39, 0.29) is 18.4 Å². The number of carbonyl (C=O) groups is 2. The number of carbonyl (C=O) groups excluding carboxylic acids is 2. The molecule has 0 unspecified atom stereocenters. The molecule has 2 amide bonds. The third-order valence-electron chi connectivity index (χ3n) is 2.79.